The second kappa shape index (κ2) is 10.8. The molecule has 2 aliphatic rings. The van der Waals surface area contributed by atoms with E-state index in [0.717, 1.165) is 43.5 Å². The van der Waals surface area contributed by atoms with Gasteiger partial charge in [-0.1, -0.05) is 34.6 Å². The lowest BCUT2D eigenvalue weighted by Crippen LogP contribution is -2.61. The van der Waals surface area contributed by atoms with Gasteiger partial charge in [0.1, 0.15) is 12.3 Å². The first kappa shape index (κ1) is 28.0. The first-order valence-corrected chi connectivity index (χ1v) is 14.3. The summed E-state index contributed by atoms with van der Waals surface area (Å²) in [6, 6.07) is 9.70. The number of hydrogen-bond donors (Lipinski definition) is 1. The topological polar surface area (TPSA) is 83.9 Å². The van der Waals surface area contributed by atoms with Gasteiger partial charge in [-0.25, -0.2) is 0 Å². The molecule has 40 heavy (non-hydrogen) atoms. The summed E-state index contributed by atoms with van der Waals surface area (Å²) in [6.07, 6.45) is 1.98. The van der Waals surface area contributed by atoms with Crippen LogP contribution in [0.3, 0.4) is 0 Å². The van der Waals surface area contributed by atoms with Crippen molar-refractivity contribution in [3.05, 3.63) is 75.4 Å². The molecule has 0 bridgehead atoms. The van der Waals surface area contributed by atoms with E-state index in [1.54, 1.807) is 12.0 Å². The molecule has 2 atom stereocenters. The van der Waals surface area contributed by atoms with Crippen LogP contribution in [-0.4, -0.2) is 64.4 Å². The molecule has 0 unspecified atom stereocenters. The molecule has 0 radical (unpaired) electrons. The number of aromatic nitrogens is 1. The molecule has 0 spiro atoms. The monoisotopic (exact) mass is 606 g/mol. The van der Waals surface area contributed by atoms with E-state index >= 15 is 0 Å². The smallest absolute Gasteiger partial charge is 0.257 e. The predicted octanol–water partition coefficient (Wildman–Crippen LogP) is 4.69. The van der Waals surface area contributed by atoms with Crippen molar-refractivity contribution < 1.29 is 19.1 Å². The van der Waals surface area contributed by atoms with Crippen LogP contribution in [0.25, 0.3) is 10.9 Å². The summed E-state index contributed by atoms with van der Waals surface area (Å²) in [6.45, 7) is 12.6. The van der Waals surface area contributed by atoms with Crippen molar-refractivity contribution >= 4 is 44.6 Å². The van der Waals surface area contributed by atoms with Crippen LogP contribution in [0, 0.1) is 13.8 Å². The second-order valence-corrected chi connectivity index (χ2v) is 11.8. The van der Waals surface area contributed by atoms with Gasteiger partial charge in [-0.15, -0.1) is 0 Å². The van der Waals surface area contributed by atoms with E-state index in [0.29, 0.717) is 25.1 Å². The largest absolute Gasteiger partial charge is 0.496 e. The molecule has 9 heteroatoms. The lowest BCUT2D eigenvalue weighted by Gasteiger charge is -2.41. The molecule has 3 amide bonds. The maximum atomic E-state index is 14.4. The molecule has 0 aliphatic carbocycles. The zero-order valence-electron chi connectivity index (χ0n) is 23.6. The number of methoxy groups -OCH3 is 1. The van der Waals surface area contributed by atoms with Crippen molar-refractivity contribution in [1.82, 2.24) is 19.7 Å². The van der Waals surface area contributed by atoms with Gasteiger partial charge in [-0.2, -0.15) is 0 Å². The SMILES string of the molecule is C=CC(=O)N1CC(NC(=O)Cn2c(C)c(C(=O)N3[C@@H](C)Cc4c(OC)cccc4[C@@H]3C)c3cc(Br)cc(C)c32)C1. The third kappa shape index (κ3) is 4.70. The highest BCUT2D eigenvalue weighted by molar-refractivity contribution is 9.10. The quantitative estimate of drug-likeness (QED) is 0.413. The Morgan fingerprint density at radius 2 is 1.90 bits per heavy atom. The maximum Gasteiger partial charge on any atom is 0.257 e. The number of ether oxygens (including phenoxy) is 1. The molecule has 5 rings (SSSR count). The molecular weight excluding hydrogens is 572 g/mol. The van der Waals surface area contributed by atoms with Gasteiger partial charge in [0.2, 0.25) is 11.8 Å². The third-order valence-electron chi connectivity index (χ3n) is 8.29. The molecule has 2 aliphatic heterocycles. The van der Waals surface area contributed by atoms with Crippen LogP contribution in [-0.2, 0) is 22.6 Å². The number of aryl methyl sites for hydroxylation is 1. The van der Waals surface area contributed by atoms with E-state index in [-0.39, 0.29) is 42.4 Å². The second-order valence-electron chi connectivity index (χ2n) is 10.8. The summed E-state index contributed by atoms with van der Waals surface area (Å²) in [4.78, 5) is 42.9. The van der Waals surface area contributed by atoms with E-state index in [2.05, 4.69) is 47.7 Å². The number of fused-ring (bicyclic) bond motifs is 2. The Morgan fingerprint density at radius 1 is 1.18 bits per heavy atom. The Morgan fingerprint density at radius 3 is 2.58 bits per heavy atom. The van der Waals surface area contributed by atoms with Crippen molar-refractivity contribution in [2.75, 3.05) is 20.2 Å². The summed E-state index contributed by atoms with van der Waals surface area (Å²) >= 11 is 3.61. The van der Waals surface area contributed by atoms with Crippen LogP contribution in [0.4, 0.5) is 0 Å². The minimum absolute atomic E-state index is 0.0412. The number of halogens is 1. The maximum absolute atomic E-state index is 14.4. The first-order valence-electron chi connectivity index (χ1n) is 13.5. The van der Waals surface area contributed by atoms with Gasteiger partial charge < -0.3 is 24.4 Å². The molecule has 2 aromatic carbocycles. The Labute approximate surface area is 243 Å². The normalized spacial score (nSPS) is 18.8. The summed E-state index contributed by atoms with van der Waals surface area (Å²) in [5.74, 6) is 0.511. The number of carbonyl (C=O) groups excluding carboxylic acids is 3. The summed E-state index contributed by atoms with van der Waals surface area (Å²) in [7, 11) is 1.68. The van der Waals surface area contributed by atoms with Crippen LogP contribution in [0.15, 0.2) is 47.5 Å². The van der Waals surface area contributed by atoms with Crippen LogP contribution >= 0.6 is 15.9 Å². The zero-order valence-corrected chi connectivity index (χ0v) is 25.2. The molecular formula is C31H35BrN4O4. The van der Waals surface area contributed by atoms with Crippen molar-refractivity contribution in [3.8, 4) is 5.75 Å². The molecule has 3 heterocycles. The van der Waals surface area contributed by atoms with Crippen LogP contribution in [0.2, 0.25) is 0 Å². The Hall–Kier alpha value is -3.59. The Balaban J connectivity index is 1.49. The van der Waals surface area contributed by atoms with Gasteiger partial charge >= 0.3 is 0 Å². The molecule has 1 saturated heterocycles. The fourth-order valence-corrected chi connectivity index (χ4v) is 6.93. The summed E-state index contributed by atoms with van der Waals surface area (Å²) in [5, 5.41) is 3.85. The Bertz CT molecular complexity index is 1540. The van der Waals surface area contributed by atoms with E-state index in [9.17, 15) is 14.4 Å². The number of nitrogens with zero attached hydrogens (tertiary/aromatic N) is 3. The lowest BCUT2D eigenvalue weighted by atomic mass is 9.88. The van der Waals surface area contributed by atoms with E-state index in [1.807, 2.05) is 47.6 Å². The van der Waals surface area contributed by atoms with Crippen molar-refractivity contribution in [2.24, 2.45) is 0 Å². The van der Waals surface area contributed by atoms with Crippen LogP contribution in [0.1, 0.15) is 52.6 Å². The molecule has 8 nitrogen and oxygen atoms in total. The van der Waals surface area contributed by atoms with Crippen molar-refractivity contribution in [2.45, 2.75) is 58.8 Å². The minimum Gasteiger partial charge on any atom is -0.496 e. The highest BCUT2D eigenvalue weighted by Gasteiger charge is 2.37. The third-order valence-corrected chi connectivity index (χ3v) is 8.74. The summed E-state index contributed by atoms with van der Waals surface area (Å²) in [5.41, 5.74) is 5.45. The molecule has 1 fully saturated rings. The number of amides is 3. The number of benzene rings is 2. The van der Waals surface area contributed by atoms with Gasteiger partial charge in [0.05, 0.1) is 30.3 Å². The predicted molar refractivity (Wildman–Crippen MR) is 159 cm³/mol. The van der Waals surface area contributed by atoms with Crippen molar-refractivity contribution in [1.29, 1.82) is 0 Å². The van der Waals surface area contributed by atoms with Gasteiger partial charge in [-0.3, -0.25) is 14.4 Å². The van der Waals surface area contributed by atoms with E-state index in [1.165, 1.54) is 6.08 Å². The number of nitrogens with one attached hydrogen (secondary N) is 1. The lowest BCUT2D eigenvalue weighted by molar-refractivity contribution is -0.133. The van der Waals surface area contributed by atoms with Crippen molar-refractivity contribution in [3.63, 3.8) is 0 Å². The molecule has 210 valence electrons. The highest BCUT2D eigenvalue weighted by atomic mass is 79.9. The van der Waals surface area contributed by atoms with Crippen LogP contribution in [0.5, 0.6) is 5.75 Å². The number of hydrogen-bond acceptors (Lipinski definition) is 4. The van der Waals surface area contributed by atoms with Gasteiger partial charge in [0.25, 0.3) is 5.91 Å². The van der Waals surface area contributed by atoms with E-state index in [4.69, 9.17) is 4.74 Å². The average Bonchev–Trinajstić information content (AvgIpc) is 3.15. The minimum atomic E-state index is -0.155. The molecule has 3 aromatic rings. The fraction of sp³-hybridized carbons (Fsp3) is 0.387. The highest BCUT2D eigenvalue weighted by Crippen LogP contribution is 2.40. The average molecular weight is 608 g/mol. The fourth-order valence-electron chi connectivity index (χ4n) is 6.36. The number of carbonyl (C=O) groups is 3. The summed E-state index contributed by atoms with van der Waals surface area (Å²) < 4.78 is 8.45. The molecule has 1 aromatic heterocycles. The number of likely N-dealkylation sites (tertiary alicyclic amines) is 1. The molecule has 1 N–H and O–H groups in total. The standard InChI is InChI=1S/C31H35BrN4O4/c1-7-28(38)34-14-22(15-34)33-27(37)16-35-20(5)29(25-13-21(32)11-17(2)30(25)35)31(39)36-18(3)12-24-23(19(36)4)9-8-10-26(24)40-6/h7-11,13,18-19,22H,1,12,14-16H2,2-6H3,(H,33,37)/t18-,19-/m0/s1. The molecule has 0 saturated carbocycles. The van der Waals surface area contributed by atoms with Gasteiger partial charge in [-0.05, 0) is 69.5 Å². The zero-order chi connectivity index (χ0) is 28.9. The first-order chi connectivity index (χ1) is 19.0. The number of rotatable bonds is 6. The van der Waals surface area contributed by atoms with Gasteiger partial charge in [0, 0.05) is 40.2 Å². The van der Waals surface area contributed by atoms with Gasteiger partial charge in [0.15, 0.2) is 0 Å². The van der Waals surface area contributed by atoms with E-state index < -0.39 is 0 Å². The Kier molecular flexibility index (Phi) is 7.52. The van der Waals surface area contributed by atoms with Crippen LogP contribution < -0.4 is 10.1 Å².